The topological polar surface area (TPSA) is 106 Å². The summed E-state index contributed by atoms with van der Waals surface area (Å²) in [4.78, 5) is 49.3. The maximum atomic E-state index is 13.1. The van der Waals surface area contributed by atoms with E-state index in [9.17, 15) is 14.4 Å². The van der Waals surface area contributed by atoms with E-state index in [-0.39, 0.29) is 28.7 Å². The molecular formula is C26H29N5O3S4. The van der Waals surface area contributed by atoms with Gasteiger partial charge in [-0.15, -0.1) is 22.7 Å². The normalized spacial score (nSPS) is 13.6. The molecule has 0 radical (unpaired) electrons. The van der Waals surface area contributed by atoms with Gasteiger partial charge in [0.15, 0.2) is 9.50 Å². The first-order valence-corrected chi connectivity index (χ1v) is 16.0. The molecule has 5 rings (SSSR count). The van der Waals surface area contributed by atoms with Gasteiger partial charge in [-0.25, -0.2) is 9.97 Å². The molecule has 3 aromatic heterocycles. The summed E-state index contributed by atoms with van der Waals surface area (Å²) in [7, 11) is 1.72. The minimum Gasteiger partial charge on any atom is -0.351 e. The third-order valence-electron chi connectivity index (χ3n) is 5.98. The van der Waals surface area contributed by atoms with E-state index < -0.39 is 0 Å². The van der Waals surface area contributed by atoms with E-state index in [1.807, 2.05) is 39.0 Å². The molecule has 38 heavy (non-hydrogen) atoms. The average Bonchev–Trinajstić information content (AvgIpc) is 3.43. The van der Waals surface area contributed by atoms with Gasteiger partial charge in [0.05, 0.1) is 27.1 Å². The Labute approximate surface area is 237 Å². The summed E-state index contributed by atoms with van der Waals surface area (Å²) in [5, 5.41) is 7.19. The third-order valence-corrected chi connectivity index (χ3v) is 10.4. The largest absolute Gasteiger partial charge is 0.351 e. The smallest absolute Gasteiger partial charge is 0.262 e. The fourth-order valence-corrected chi connectivity index (χ4v) is 8.33. The molecule has 0 fully saturated rings. The molecule has 8 nitrogen and oxygen atoms in total. The summed E-state index contributed by atoms with van der Waals surface area (Å²) in [6.07, 6.45) is 4.23. The first-order chi connectivity index (χ1) is 18.1. The van der Waals surface area contributed by atoms with Crippen molar-refractivity contribution in [3.63, 3.8) is 0 Å². The lowest BCUT2D eigenvalue weighted by Crippen LogP contribution is -2.41. The van der Waals surface area contributed by atoms with Gasteiger partial charge in [-0.2, -0.15) is 0 Å². The lowest BCUT2D eigenvalue weighted by molar-refractivity contribution is -0.120. The van der Waals surface area contributed by atoms with E-state index in [0.29, 0.717) is 16.6 Å². The number of amides is 2. The minimum absolute atomic E-state index is 0.0301. The quantitative estimate of drug-likeness (QED) is 0.226. The van der Waals surface area contributed by atoms with Crippen molar-refractivity contribution in [2.45, 2.75) is 61.5 Å². The molecule has 0 saturated carbocycles. The Kier molecular flexibility index (Phi) is 7.86. The highest BCUT2D eigenvalue weighted by Gasteiger charge is 2.22. The number of nitrogens with zero attached hydrogens (tertiary/aromatic N) is 3. The molecule has 2 N–H and O–H groups in total. The predicted octanol–water partition coefficient (Wildman–Crippen LogP) is 5.22. The Morgan fingerprint density at radius 1 is 1.05 bits per heavy atom. The zero-order chi connectivity index (χ0) is 27.0. The number of aromatic nitrogens is 3. The van der Waals surface area contributed by atoms with Crippen LogP contribution in [0.1, 0.15) is 44.1 Å². The Morgan fingerprint density at radius 2 is 1.82 bits per heavy atom. The van der Waals surface area contributed by atoms with Crippen LogP contribution < -0.4 is 16.2 Å². The highest BCUT2D eigenvalue weighted by molar-refractivity contribution is 8.01. The van der Waals surface area contributed by atoms with Gasteiger partial charge in [0, 0.05) is 23.2 Å². The molecule has 2 amide bonds. The summed E-state index contributed by atoms with van der Waals surface area (Å²) < 4.78 is 3.30. The van der Waals surface area contributed by atoms with Crippen LogP contribution in [-0.2, 0) is 29.5 Å². The number of thiazole rings is 1. The molecule has 0 unspecified atom stereocenters. The number of anilines is 1. The lowest BCUT2D eigenvalue weighted by Gasteiger charge is -2.19. The first-order valence-electron chi connectivity index (χ1n) is 12.4. The number of carbonyl (C=O) groups is 2. The number of fused-ring (bicyclic) bond motifs is 4. The first kappa shape index (κ1) is 27.2. The van der Waals surface area contributed by atoms with Crippen LogP contribution in [0.25, 0.3) is 20.4 Å². The molecule has 0 atom stereocenters. The monoisotopic (exact) mass is 587 g/mol. The van der Waals surface area contributed by atoms with Gasteiger partial charge in [0.2, 0.25) is 11.8 Å². The second kappa shape index (κ2) is 11.0. The van der Waals surface area contributed by atoms with E-state index in [0.717, 1.165) is 50.5 Å². The number of thiophene rings is 1. The van der Waals surface area contributed by atoms with Gasteiger partial charge in [-0.3, -0.25) is 19.0 Å². The van der Waals surface area contributed by atoms with Crippen molar-refractivity contribution in [2.24, 2.45) is 7.05 Å². The van der Waals surface area contributed by atoms with Crippen LogP contribution in [0.15, 0.2) is 32.5 Å². The molecule has 4 aromatic rings. The van der Waals surface area contributed by atoms with E-state index in [1.165, 1.54) is 45.3 Å². The van der Waals surface area contributed by atoms with Crippen LogP contribution in [0, 0.1) is 0 Å². The van der Waals surface area contributed by atoms with Crippen LogP contribution in [0.2, 0.25) is 0 Å². The maximum absolute atomic E-state index is 13.1. The van der Waals surface area contributed by atoms with Gasteiger partial charge in [0.1, 0.15) is 4.83 Å². The third kappa shape index (κ3) is 6.08. The van der Waals surface area contributed by atoms with Crippen molar-refractivity contribution in [1.29, 1.82) is 0 Å². The van der Waals surface area contributed by atoms with Crippen molar-refractivity contribution >= 4 is 84.1 Å². The molecule has 0 saturated heterocycles. The highest BCUT2D eigenvalue weighted by Crippen LogP contribution is 2.35. The average molecular weight is 588 g/mol. The Hall–Kier alpha value is -2.41. The minimum atomic E-state index is -0.266. The van der Waals surface area contributed by atoms with Crippen LogP contribution in [-0.4, -0.2) is 43.4 Å². The van der Waals surface area contributed by atoms with Crippen molar-refractivity contribution in [3.8, 4) is 0 Å². The summed E-state index contributed by atoms with van der Waals surface area (Å²) in [5.41, 5.74) is 2.38. The number of aryl methyl sites for hydroxylation is 2. The number of rotatable bonds is 7. The van der Waals surface area contributed by atoms with Gasteiger partial charge in [-0.1, -0.05) is 23.5 Å². The van der Waals surface area contributed by atoms with Gasteiger partial charge in [-0.05, 0) is 70.2 Å². The van der Waals surface area contributed by atoms with Crippen LogP contribution in [0.5, 0.6) is 0 Å². The van der Waals surface area contributed by atoms with E-state index in [1.54, 1.807) is 23.0 Å². The second-order valence-electron chi connectivity index (χ2n) is 10.2. The molecule has 1 aliphatic rings. The zero-order valence-corrected chi connectivity index (χ0v) is 24.9. The summed E-state index contributed by atoms with van der Waals surface area (Å²) >= 11 is 5.78. The van der Waals surface area contributed by atoms with Crippen LogP contribution in [0.3, 0.4) is 0 Å². The Balaban J connectivity index is 1.22. The van der Waals surface area contributed by atoms with Crippen LogP contribution in [0.4, 0.5) is 5.69 Å². The number of nitrogens with one attached hydrogen (secondary N) is 2. The van der Waals surface area contributed by atoms with Crippen molar-refractivity contribution in [1.82, 2.24) is 19.9 Å². The number of hydrogen-bond acceptors (Lipinski definition) is 9. The molecular weight excluding hydrogens is 559 g/mol. The highest BCUT2D eigenvalue weighted by atomic mass is 32.2. The fraction of sp³-hybridized carbons (Fsp3) is 0.423. The van der Waals surface area contributed by atoms with Gasteiger partial charge < -0.3 is 10.6 Å². The molecule has 0 spiro atoms. The second-order valence-corrected chi connectivity index (χ2v) is 14.5. The molecule has 1 aromatic carbocycles. The SMILES string of the molecule is Cn1c(SCC(=O)Nc2ccc3nc(SCC(=O)NC(C)(C)C)sc3c2)nc2sc3c(c2c1=O)CCCC3. The van der Waals surface area contributed by atoms with Crippen molar-refractivity contribution in [2.75, 3.05) is 16.8 Å². The number of thioether (sulfide) groups is 2. The zero-order valence-electron chi connectivity index (χ0n) is 21.7. The van der Waals surface area contributed by atoms with Gasteiger partial charge >= 0.3 is 0 Å². The summed E-state index contributed by atoms with van der Waals surface area (Å²) in [6, 6.07) is 5.58. The predicted molar refractivity (Wildman–Crippen MR) is 159 cm³/mol. The standard InChI is InChI=1S/C26H29N5O3S4/c1-26(2,3)30-20(33)13-36-25-28-16-10-9-14(11-18(16)38-25)27-19(32)12-35-24-29-22-21(23(34)31(24)4)15-7-5-6-8-17(15)37-22/h9-11H,5-8,12-13H2,1-4H3,(H,27,32)(H,30,33). The van der Waals surface area contributed by atoms with E-state index in [2.05, 4.69) is 15.6 Å². The molecule has 1 aliphatic carbocycles. The molecule has 12 heteroatoms. The Bertz CT molecular complexity index is 1600. The summed E-state index contributed by atoms with van der Waals surface area (Å²) in [6.45, 7) is 5.86. The van der Waals surface area contributed by atoms with Gasteiger partial charge in [0.25, 0.3) is 5.56 Å². The molecule has 0 aliphatic heterocycles. The number of benzene rings is 1. The fourth-order valence-electron chi connectivity index (χ4n) is 4.35. The maximum Gasteiger partial charge on any atom is 0.262 e. The van der Waals surface area contributed by atoms with E-state index >= 15 is 0 Å². The van der Waals surface area contributed by atoms with Crippen molar-refractivity contribution in [3.05, 3.63) is 39.0 Å². The summed E-state index contributed by atoms with van der Waals surface area (Å²) in [5.74, 6) is 0.236. The molecule has 3 heterocycles. The Morgan fingerprint density at radius 3 is 2.61 bits per heavy atom. The van der Waals surface area contributed by atoms with Crippen LogP contribution >= 0.6 is 46.2 Å². The molecule has 200 valence electrons. The van der Waals surface area contributed by atoms with E-state index in [4.69, 9.17) is 4.98 Å². The number of carbonyl (C=O) groups excluding carboxylic acids is 2. The van der Waals surface area contributed by atoms with Crippen molar-refractivity contribution < 1.29 is 9.59 Å². The number of hydrogen-bond donors (Lipinski definition) is 2. The lowest BCUT2D eigenvalue weighted by atomic mass is 9.97. The molecule has 0 bridgehead atoms.